The van der Waals surface area contributed by atoms with Crippen molar-refractivity contribution in [2.45, 2.75) is 51.9 Å². The van der Waals surface area contributed by atoms with Gasteiger partial charge >= 0.3 is 6.03 Å². The molecule has 2 amide bonds. The Morgan fingerprint density at radius 1 is 1.25 bits per heavy atom. The monoisotopic (exact) mass is 460 g/mol. The van der Waals surface area contributed by atoms with Crippen molar-refractivity contribution in [1.82, 2.24) is 15.1 Å². The van der Waals surface area contributed by atoms with Gasteiger partial charge in [0.2, 0.25) is 0 Å². The van der Waals surface area contributed by atoms with Crippen molar-refractivity contribution >= 4 is 29.8 Å². The number of aliphatic imine (C=N–C) groups is 1. The third kappa shape index (κ3) is 7.09. The highest BCUT2D eigenvalue weighted by atomic mass is 35.5. The second-order valence-corrected chi connectivity index (χ2v) is 8.55. The normalized spacial score (nSPS) is 20.7. The molecule has 1 saturated heterocycles. The second kappa shape index (κ2) is 13.9. The first kappa shape index (κ1) is 25.9. The van der Waals surface area contributed by atoms with E-state index in [-0.39, 0.29) is 11.9 Å². The number of nitrogens with zero attached hydrogens (tertiary/aromatic N) is 3. The Balaban J connectivity index is 2.32. The topological polar surface area (TPSA) is 65.0 Å². The second-order valence-electron chi connectivity index (χ2n) is 8.30. The highest BCUT2D eigenvalue weighted by Crippen LogP contribution is 2.28. The molecule has 1 unspecified atom stereocenters. The molecule has 1 fully saturated rings. The lowest BCUT2D eigenvalue weighted by Crippen LogP contribution is -2.51. The SMILES string of the molecule is C=C/C(=C\C=C\Cl)C(=NC)NC1=C(C=O)CN(C(=O)N2CCCCC2)CC1CCCCC. The minimum absolute atomic E-state index is 0.0481. The van der Waals surface area contributed by atoms with Crippen molar-refractivity contribution in [3.05, 3.63) is 47.2 Å². The molecule has 2 aliphatic rings. The van der Waals surface area contributed by atoms with E-state index in [9.17, 15) is 9.59 Å². The average Bonchev–Trinajstić information content (AvgIpc) is 2.84. The van der Waals surface area contributed by atoms with Crippen molar-refractivity contribution in [3.8, 4) is 0 Å². The summed E-state index contributed by atoms with van der Waals surface area (Å²) in [5, 5.41) is 3.41. The van der Waals surface area contributed by atoms with E-state index in [1.807, 2.05) is 15.9 Å². The highest BCUT2D eigenvalue weighted by Gasteiger charge is 2.33. The molecule has 1 N–H and O–H groups in total. The van der Waals surface area contributed by atoms with Crippen LogP contribution >= 0.6 is 11.6 Å². The summed E-state index contributed by atoms with van der Waals surface area (Å²) in [7, 11) is 1.70. The zero-order valence-electron chi connectivity index (χ0n) is 19.5. The molecule has 1 atom stereocenters. The van der Waals surface area contributed by atoms with Crippen LogP contribution < -0.4 is 5.32 Å². The molecular formula is C25H37ClN4O2. The fraction of sp³-hybridized carbons (Fsp3) is 0.560. The molecule has 0 spiro atoms. The minimum atomic E-state index is 0.0481. The van der Waals surface area contributed by atoms with Crippen molar-refractivity contribution in [2.24, 2.45) is 10.9 Å². The minimum Gasteiger partial charge on any atom is -0.343 e. The number of carbonyl (C=O) groups is 2. The Morgan fingerprint density at radius 2 is 2.00 bits per heavy atom. The number of unbranched alkanes of at least 4 members (excludes halogenated alkanes) is 2. The number of amidine groups is 1. The molecule has 7 heteroatoms. The predicted molar refractivity (Wildman–Crippen MR) is 133 cm³/mol. The number of aldehydes is 1. The number of allylic oxidation sites excluding steroid dienone is 2. The molecule has 0 aromatic carbocycles. The molecule has 176 valence electrons. The summed E-state index contributed by atoms with van der Waals surface area (Å²) in [5.74, 6) is 0.677. The molecular weight excluding hydrogens is 424 g/mol. The number of hydrogen-bond donors (Lipinski definition) is 1. The smallest absolute Gasteiger partial charge is 0.320 e. The summed E-state index contributed by atoms with van der Waals surface area (Å²) in [4.78, 5) is 33.5. The number of piperidine rings is 1. The van der Waals surface area contributed by atoms with Crippen molar-refractivity contribution in [2.75, 3.05) is 33.2 Å². The fourth-order valence-corrected chi connectivity index (χ4v) is 4.41. The third-order valence-corrected chi connectivity index (χ3v) is 6.22. The molecule has 0 aliphatic carbocycles. The van der Waals surface area contributed by atoms with E-state index in [1.165, 1.54) is 12.0 Å². The number of rotatable bonds is 9. The summed E-state index contributed by atoms with van der Waals surface area (Å²) in [6.07, 6.45) is 13.6. The lowest BCUT2D eigenvalue weighted by Gasteiger charge is -2.39. The number of halogens is 1. The van der Waals surface area contributed by atoms with Crippen LogP contribution in [0, 0.1) is 5.92 Å². The first-order valence-corrected chi connectivity index (χ1v) is 12.1. The largest absolute Gasteiger partial charge is 0.343 e. The zero-order chi connectivity index (χ0) is 23.3. The van der Waals surface area contributed by atoms with Gasteiger partial charge in [-0.25, -0.2) is 4.79 Å². The van der Waals surface area contributed by atoms with Gasteiger partial charge in [-0.3, -0.25) is 9.79 Å². The van der Waals surface area contributed by atoms with Gasteiger partial charge in [-0.2, -0.15) is 0 Å². The number of amides is 2. The summed E-state index contributed by atoms with van der Waals surface area (Å²) in [6.45, 7) is 8.56. The van der Waals surface area contributed by atoms with Crippen LogP contribution in [0.3, 0.4) is 0 Å². The molecule has 0 radical (unpaired) electrons. The number of carbonyl (C=O) groups excluding carboxylic acids is 2. The Bertz CT molecular complexity index is 779. The van der Waals surface area contributed by atoms with Gasteiger partial charge in [-0.15, -0.1) is 0 Å². The summed E-state index contributed by atoms with van der Waals surface area (Å²) < 4.78 is 0. The Labute approximate surface area is 197 Å². The zero-order valence-corrected chi connectivity index (χ0v) is 20.2. The van der Waals surface area contributed by atoms with Gasteiger partial charge in [0.05, 0.1) is 6.54 Å². The summed E-state index contributed by atoms with van der Waals surface area (Å²) in [6, 6.07) is 0.0481. The van der Waals surface area contributed by atoms with E-state index in [4.69, 9.17) is 11.6 Å². The standard InChI is InChI=1S/C25H37ClN4O2/c1-4-6-8-12-21-17-30(25(32)29-15-9-7-10-16-29)18-22(19-31)23(21)28-24(27-3)20(5-2)13-11-14-26/h5,11,13-14,19,21H,2,4,6-10,12,15-18H2,1,3H3,(H,27,28)/b14-11+,20-13+. The van der Waals surface area contributed by atoms with Crippen LogP contribution in [-0.4, -0.2) is 61.2 Å². The molecule has 0 aromatic heterocycles. The van der Waals surface area contributed by atoms with Gasteiger partial charge in [0.1, 0.15) is 12.1 Å². The van der Waals surface area contributed by atoms with Crippen LogP contribution in [0.4, 0.5) is 4.79 Å². The predicted octanol–water partition coefficient (Wildman–Crippen LogP) is 5.04. The highest BCUT2D eigenvalue weighted by molar-refractivity contribution is 6.25. The molecule has 0 saturated carbocycles. The van der Waals surface area contributed by atoms with E-state index in [0.717, 1.165) is 69.2 Å². The molecule has 2 heterocycles. The van der Waals surface area contributed by atoms with Gasteiger partial charge < -0.3 is 15.1 Å². The fourth-order valence-electron chi connectivity index (χ4n) is 4.33. The number of urea groups is 1. The lowest BCUT2D eigenvalue weighted by molar-refractivity contribution is -0.105. The van der Waals surface area contributed by atoms with Gasteiger partial charge in [0.25, 0.3) is 0 Å². The van der Waals surface area contributed by atoms with E-state index in [0.29, 0.717) is 24.5 Å². The molecule has 0 aromatic rings. The van der Waals surface area contributed by atoms with Crippen LogP contribution in [0.15, 0.2) is 52.2 Å². The Hall–Kier alpha value is -2.34. The van der Waals surface area contributed by atoms with Gasteiger partial charge in [0.15, 0.2) is 0 Å². The first-order valence-electron chi connectivity index (χ1n) is 11.6. The van der Waals surface area contributed by atoms with Crippen LogP contribution in [0.1, 0.15) is 51.9 Å². The van der Waals surface area contributed by atoms with E-state index in [1.54, 1.807) is 19.2 Å². The van der Waals surface area contributed by atoms with Crippen molar-refractivity contribution < 1.29 is 9.59 Å². The molecule has 2 rings (SSSR count). The molecule has 2 aliphatic heterocycles. The summed E-state index contributed by atoms with van der Waals surface area (Å²) >= 11 is 5.67. The Morgan fingerprint density at radius 3 is 2.59 bits per heavy atom. The molecule has 0 bridgehead atoms. The number of nitrogens with one attached hydrogen (secondary N) is 1. The third-order valence-electron chi connectivity index (χ3n) is 6.07. The lowest BCUT2D eigenvalue weighted by atomic mass is 9.90. The first-order chi connectivity index (χ1) is 15.6. The van der Waals surface area contributed by atoms with Gasteiger partial charge in [0, 0.05) is 55.0 Å². The van der Waals surface area contributed by atoms with E-state index in [2.05, 4.69) is 23.8 Å². The number of likely N-dealkylation sites (tertiary alicyclic amines) is 1. The molecule has 6 nitrogen and oxygen atoms in total. The van der Waals surface area contributed by atoms with E-state index < -0.39 is 0 Å². The van der Waals surface area contributed by atoms with E-state index >= 15 is 0 Å². The maximum Gasteiger partial charge on any atom is 0.320 e. The maximum absolute atomic E-state index is 13.2. The van der Waals surface area contributed by atoms with Crippen LogP contribution in [0.2, 0.25) is 0 Å². The van der Waals surface area contributed by atoms with Crippen molar-refractivity contribution in [1.29, 1.82) is 0 Å². The van der Waals surface area contributed by atoms with Gasteiger partial charge in [-0.1, -0.05) is 62.6 Å². The van der Waals surface area contributed by atoms with Crippen LogP contribution in [-0.2, 0) is 4.79 Å². The summed E-state index contributed by atoms with van der Waals surface area (Å²) in [5.41, 5.74) is 3.68. The van der Waals surface area contributed by atoms with Crippen LogP contribution in [0.5, 0.6) is 0 Å². The Kier molecular flexibility index (Phi) is 11.3. The van der Waals surface area contributed by atoms with Gasteiger partial charge in [-0.05, 0) is 25.7 Å². The number of hydrogen-bond acceptors (Lipinski definition) is 3. The maximum atomic E-state index is 13.2. The van der Waals surface area contributed by atoms with Crippen LogP contribution in [0.25, 0.3) is 0 Å². The quantitative estimate of drug-likeness (QED) is 0.172. The molecule has 32 heavy (non-hydrogen) atoms. The average molecular weight is 461 g/mol. The van der Waals surface area contributed by atoms with Crippen molar-refractivity contribution in [3.63, 3.8) is 0 Å².